The van der Waals surface area contributed by atoms with Crippen LogP contribution >= 0.6 is 34.5 Å². The number of anilines is 1. The fourth-order valence-electron chi connectivity index (χ4n) is 2.08. The maximum absolute atomic E-state index is 12.3. The van der Waals surface area contributed by atoms with Gasteiger partial charge in [0.05, 0.1) is 21.3 Å². The third-order valence-corrected chi connectivity index (χ3v) is 4.89. The van der Waals surface area contributed by atoms with Crippen LogP contribution in [0.4, 0.5) is 5.82 Å². The summed E-state index contributed by atoms with van der Waals surface area (Å²) in [7, 11) is 0. The highest BCUT2D eigenvalue weighted by Crippen LogP contribution is 2.31. The van der Waals surface area contributed by atoms with Gasteiger partial charge in [-0.05, 0) is 26.0 Å². The van der Waals surface area contributed by atoms with Crippen molar-refractivity contribution in [3.8, 4) is 10.6 Å². The summed E-state index contributed by atoms with van der Waals surface area (Å²) in [6.07, 6.45) is 1.51. The van der Waals surface area contributed by atoms with Gasteiger partial charge < -0.3 is 5.32 Å². The van der Waals surface area contributed by atoms with Gasteiger partial charge in [-0.1, -0.05) is 29.3 Å². The minimum atomic E-state index is -0.293. The highest BCUT2D eigenvalue weighted by atomic mass is 35.5. The predicted molar refractivity (Wildman–Crippen MR) is 97.0 cm³/mol. The number of hydrogen-bond acceptors (Lipinski definition) is 5. The normalized spacial score (nSPS) is 10.7. The van der Waals surface area contributed by atoms with Crippen LogP contribution in [0.2, 0.25) is 10.0 Å². The first kappa shape index (κ1) is 16.8. The topological polar surface area (TPSA) is 67.8 Å². The molecule has 0 atom stereocenters. The summed E-state index contributed by atoms with van der Waals surface area (Å²) >= 11 is 13.3. The van der Waals surface area contributed by atoms with Gasteiger partial charge in [-0.25, -0.2) is 15.0 Å². The predicted octanol–water partition coefficient (Wildman–Crippen LogP) is 4.78. The van der Waals surface area contributed by atoms with Gasteiger partial charge in [0, 0.05) is 17.1 Å². The number of aromatic nitrogens is 3. The molecule has 3 rings (SSSR count). The molecule has 0 radical (unpaired) electrons. The number of amides is 1. The van der Waals surface area contributed by atoms with Crippen LogP contribution in [0.15, 0.2) is 29.8 Å². The maximum Gasteiger partial charge on any atom is 0.260 e. The van der Waals surface area contributed by atoms with E-state index in [1.807, 2.05) is 6.07 Å². The van der Waals surface area contributed by atoms with Gasteiger partial charge in [0.1, 0.15) is 16.6 Å². The molecule has 1 amide bonds. The molecule has 0 aliphatic carbocycles. The molecule has 0 bridgehead atoms. The number of carbonyl (C=O) groups excluding carboxylic acids is 1. The zero-order valence-electron chi connectivity index (χ0n) is 12.8. The Kier molecular flexibility index (Phi) is 4.80. The highest BCUT2D eigenvalue weighted by molar-refractivity contribution is 7.13. The van der Waals surface area contributed by atoms with Gasteiger partial charge in [-0.15, -0.1) is 11.3 Å². The van der Waals surface area contributed by atoms with Crippen LogP contribution in [-0.4, -0.2) is 20.9 Å². The average Bonchev–Trinajstić information content (AvgIpc) is 2.98. The van der Waals surface area contributed by atoms with Crippen LogP contribution in [0.25, 0.3) is 10.6 Å². The Balaban J connectivity index is 1.80. The summed E-state index contributed by atoms with van der Waals surface area (Å²) in [5.41, 5.74) is 1.88. The first-order valence-electron chi connectivity index (χ1n) is 6.96. The van der Waals surface area contributed by atoms with Crippen molar-refractivity contribution in [2.45, 2.75) is 13.8 Å². The lowest BCUT2D eigenvalue weighted by atomic mass is 10.2. The number of halogens is 2. The number of carbonyl (C=O) groups is 1. The van der Waals surface area contributed by atoms with E-state index in [0.29, 0.717) is 32.9 Å². The zero-order chi connectivity index (χ0) is 17.3. The fourth-order valence-corrected chi connectivity index (χ4v) is 3.13. The van der Waals surface area contributed by atoms with Crippen molar-refractivity contribution in [1.29, 1.82) is 0 Å². The number of rotatable bonds is 3. The molecular weight excluding hydrogens is 367 g/mol. The first-order valence-corrected chi connectivity index (χ1v) is 8.60. The molecule has 2 heterocycles. The molecule has 3 aromatic rings. The molecule has 24 heavy (non-hydrogen) atoms. The lowest BCUT2D eigenvalue weighted by molar-refractivity contribution is 0.102. The van der Waals surface area contributed by atoms with Crippen LogP contribution in [0, 0.1) is 13.8 Å². The van der Waals surface area contributed by atoms with E-state index in [9.17, 15) is 4.79 Å². The van der Waals surface area contributed by atoms with Gasteiger partial charge in [-0.2, -0.15) is 0 Å². The van der Waals surface area contributed by atoms with E-state index in [1.54, 1.807) is 31.4 Å². The Morgan fingerprint density at radius 1 is 1.17 bits per heavy atom. The van der Waals surface area contributed by atoms with E-state index in [0.717, 1.165) is 10.6 Å². The zero-order valence-corrected chi connectivity index (χ0v) is 15.1. The summed E-state index contributed by atoms with van der Waals surface area (Å²) in [5, 5.41) is 6.20. The Labute approximate surface area is 152 Å². The van der Waals surface area contributed by atoms with E-state index in [4.69, 9.17) is 23.2 Å². The number of nitrogens with zero attached hydrogens (tertiary/aromatic N) is 3. The smallest absolute Gasteiger partial charge is 0.260 e. The molecule has 0 aliphatic heterocycles. The summed E-state index contributed by atoms with van der Waals surface area (Å²) in [5.74, 6) is 0.796. The molecule has 8 heteroatoms. The monoisotopic (exact) mass is 378 g/mol. The standard InChI is InChI=1S/C16H12Cl2N4OS/c1-8-11(6-19-9(2)20-8)15(23)21-14-7-24-16(22-14)10-3-4-12(17)13(18)5-10/h3-7H,1-2H3,(H,21,23). The second-order valence-electron chi connectivity index (χ2n) is 5.04. The van der Waals surface area contributed by atoms with Gasteiger partial charge in [0.2, 0.25) is 0 Å². The third kappa shape index (κ3) is 3.56. The van der Waals surface area contributed by atoms with E-state index in [2.05, 4.69) is 20.3 Å². The maximum atomic E-state index is 12.3. The molecule has 0 saturated carbocycles. The number of hydrogen-bond donors (Lipinski definition) is 1. The quantitative estimate of drug-likeness (QED) is 0.712. The average molecular weight is 379 g/mol. The lowest BCUT2D eigenvalue weighted by Crippen LogP contribution is -2.15. The fraction of sp³-hybridized carbons (Fsp3) is 0.125. The van der Waals surface area contributed by atoms with Crippen molar-refractivity contribution in [1.82, 2.24) is 15.0 Å². The minimum Gasteiger partial charge on any atom is -0.306 e. The van der Waals surface area contributed by atoms with Crippen LogP contribution < -0.4 is 5.32 Å². The number of thiazole rings is 1. The van der Waals surface area contributed by atoms with Gasteiger partial charge in [0.25, 0.3) is 5.91 Å². The Hall–Kier alpha value is -2.02. The van der Waals surface area contributed by atoms with Crippen LogP contribution in [0.3, 0.4) is 0 Å². The molecule has 2 aromatic heterocycles. The minimum absolute atomic E-state index is 0.293. The van der Waals surface area contributed by atoms with E-state index >= 15 is 0 Å². The molecule has 0 aliphatic rings. The van der Waals surface area contributed by atoms with Gasteiger partial charge >= 0.3 is 0 Å². The molecule has 5 nitrogen and oxygen atoms in total. The molecule has 1 aromatic carbocycles. The first-order chi connectivity index (χ1) is 11.4. The number of nitrogens with one attached hydrogen (secondary N) is 1. The SMILES string of the molecule is Cc1ncc(C(=O)Nc2csc(-c3ccc(Cl)c(Cl)c3)n2)c(C)n1. The highest BCUT2D eigenvalue weighted by Gasteiger charge is 2.14. The molecule has 0 saturated heterocycles. The molecule has 0 fully saturated rings. The largest absolute Gasteiger partial charge is 0.306 e. The van der Waals surface area contributed by atoms with Crippen LogP contribution in [0.5, 0.6) is 0 Å². The van der Waals surface area contributed by atoms with E-state index in [1.165, 1.54) is 17.5 Å². The van der Waals surface area contributed by atoms with Crippen LogP contribution in [0.1, 0.15) is 21.9 Å². The van der Waals surface area contributed by atoms with Crippen LogP contribution in [-0.2, 0) is 0 Å². The summed E-state index contributed by atoms with van der Waals surface area (Å²) in [6.45, 7) is 3.55. The Morgan fingerprint density at radius 2 is 1.96 bits per heavy atom. The third-order valence-electron chi connectivity index (χ3n) is 3.26. The second kappa shape index (κ2) is 6.84. The molecule has 0 spiro atoms. The van der Waals surface area contributed by atoms with Crippen molar-refractivity contribution >= 4 is 46.3 Å². The Morgan fingerprint density at radius 3 is 2.67 bits per heavy atom. The van der Waals surface area contributed by atoms with Crippen molar-refractivity contribution in [3.05, 3.63) is 56.9 Å². The summed E-state index contributed by atoms with van der Waals surface area (Å²) < 4.78 is 0. The molecule has 0 unspecified atom stereocenters. The van der Waals surface area contributed by atoms with Crippen molar-refractivity contribution < 1.29 is 4.79 Å². The number of benzene rings is 1. The van der Waals surface area contributed by atoms with E-state index in [-0.39, 0.29) is 5.91 Å². The summed E-state index contributed by atoms with van der Waals surface area (Å²) in [4.78, 5) is 25.0. The number of aryl methyl sites for hydroxylation is 2. The Bertz CT molecular complexity index is 926. The van der Waals surface area contributed by atoms with Crippen molar-refractivity contribution in [2.24, 2.45) is 0 Å². The van der Waals surface area contributed by atoms with Crippen molar-refractivity contribution in [3.63, 3.8) is 0 Å². The van der Waals surface area contributed by atoms with Gasteiger partial charge in [-0.3, -0.25) is 4.79 Å². The second-order valence-corrected chi connectivity index (χ2v) is 6.71. The van der Waals surface area contributed by atoms with E-state index < -0.39 is 0 Å². The molecular formula is C16H12Cl2N4OS. The summed E-state index contributed by atoms with van der Waals surface area (Å²) in [6, 6.07) is 5.29. The molecule has 1 N–H and O–H groups in total. The van der Waals surface area contributed by atoms with Gasteiger partial charge in [0.15, 0.2) is 0 Å². The molecule has 122 valence electrons. The lowest BCUT2D eigenvalue weighted by Gasteiger charge is -2.05. The van der Waals surface area contributed by atoms with Crippen molar-refractivity contribution in [2.75, 3.05) is 5.32 Å².